The minimum Gasteiger partial charge on any atom is -0.387 e. The summed E-state index contributed by atoms with van der Waals surface area (Å²) in [6.07, 6.45) is -0.504. The third kappa shape index (κ3) is 2.65. The molecule has 3 aromatic carbocycles. The highest BCUT2D eigenvalue weighted by Crippen LogP contribution is 2.23. The van der Waals surface area contributed by atoms with Crippen molar-refractivity contribution < 1.29 is 5.11 Å². The predicted octanol–water partition coefficient (Wildman–Crippen LogP) is 3.99. The van der Waals surface area contributed by atoms with Crippen LogP contribution in [0.1, 0.15) is 11.7 Å². The Kier molecular flexibility index (Phi) is 3.66. The van der Waals surface area contributed by atoms with Crippen LogP contribution in [0.2, 0.25) is 0 Å². The van der Waals surface area contributed by atoms with Crippen LogP contribution in [0.4, 0.5) is 5.69 Å². The Labute approximate surface area is 118 Å². The molecule has 0 amide bonds. The summed E-state index contributed by atoms with van der Waals surface area (Å²) in [7, 11) is 0. The van der Waals surface area contributed by atoms with Crippen molar-refractivity contribution in [3.63, 3.8) is 0 Å². The average molecular weight is 263 g/mol. The fourth-order valence-electron chi connectivity index (χ4n) is 2.38. The number of rotatable bonds is 4. The summed E-state index contributed by atoms with van der Waals surface area (Å²) in [4.78, 5) is 0. The molecule has 0 aliphatic carbocycles. The van der Waals surface area contributed by atoms with Crippen LogP contribution in [0.5, 0.6) is 0 Å². The van der Waals surface area contributed by atoms with Gasteiger partial charge in [0.2, 0.25) is 0 Å². The normalized spacial score (nSPS) is 12.2. The number of hydrogen-bond acceptors (Lipinski definition) is 2. The lowest BCUT2D eigenvalue weighted by Gasteiger charge is -2.14. The van der Waals surface area contributed by atoms with Gasteiger partial charge in [-0.1, -0.05) is 66.7 Å². The van der Waals surface area contributed by atoms with Gasteiger partial charge in [-0.2, -0.15) is 0 Å². The van der Waals surface area contributed by atoms with Gasteiger partial charge in [-0.25, -0.2) is 0 Å². The van der Waals surface area contributed by atoms with Crippen LogP contribution in [0.25, 0.3) is 10.8 Å². The molecule has 2 N–H and O–H groups in total. The van der Waals surface area contributed by atoms with Crippen LogP contribution in [-0.4, -0.2) is 11.7 Å². The second-order valence-corrected chi connectivity index (χ2v) is 4.83. The number of aliphatic hydroxyl groups excluding tert-OH is 1. The van der Waals surface area contributed by atoms with Crippen molar-refractivity contribution in [3.8, 4) is 0 Å². The molecule has 3 aromatic rings. The number of fused-ring (bicyclic) bond motifs is 1. The maximum atomic E-state index is 10.2. The van der Waals surface area contributed by atoms with Crippen molar-refractivity contribution in [1.82, 2.24) is 0 Å². The van der Waals surface area contributed by atoms with Gasteiger partial charge in [0, 0.05) is 17.6 Å². The molecule has 0 fully saturated rings. The monoisotopic (exact) mass is 263 g/mol. The van der Waals surface area contributed by atoms with Gasteiger partial charge in [0.25, 0.3) is 0 Å². The Morgan fingerprint density at radius 3 is 2.35 bits per heavy atom. The zero-order valence-electron chi connectivity index (χ0n) is 11.2. The zero-order valence-corrected chi connectivity index (χ0v) is 11.2. The fourth-order valence-corrected chi connectivity index (χ4v) is 2.38. The Balaban J connectivity index is 1.77. The van der Waals surface area contributed by atoms with E-state index in [1.54, 1.807) is 0 Å². The van der Waals surface area contributed by atoms with Gasteiger partial charge < -0.3 is 10.4 Å². The first-order valence-corrected chi connectivity index (χ1v) is 6.79. The van der Waals surface area contributed by atoms with Gasteiger partial charge in [-0.05, 0) is 17.0 Å². The first-order chi connectivity index (χ1) is 9.84. The van der Waals surface area contributed by atoms with Crippen LogP contribution in [0, 0.1) is 0 Å². The molecule has 0 radical (unpaired) electrons. The van der Waals surface area contributed by atoms with Gasteiger partial charge in [-0.15, -0.1) is 0 Å². The van der Waals surface area contributed by atoms with E-state index in [0.29, 0.717) is 6.54 Å². The first-order valence-electron chi connectivity index (χ1n) is 6.79. The van der Waals surface area contributed by atoms with Gasteiger partial charge in [-0.3, -0.25) is 0 Å². The minimum absolute atomic E-state index is 0.498. The molecule has 2 nitrogen and oxygen atoms in total. The molecule has 0 aliphatic heterocycles. The van der Waals surface area contributed by atoms with Gasteiger partial charge in [0.15, 0.2) is 0 Å². The molecule has 100 valence electrons. The smallest absolute Gasteiger partial charge is 0.0962 e. The lowest BCUT2D eigenvalue weighted by molar-refractivity contribution is 0.191. The van der Waals surface area contributed by atoms with E-state index in [9.17, 15) is 5.11 Å². The molecular weight excluding hydrogens is 246 g/mol. The molecule has 1 atom stereocenters. The van der Waals surface area contributed by atoms with Crippen molar-refractivity contribution in [2.45, 2.75) is 6.10 Å². The van der Waals surface area contributed by atoms with Crippen LogP contribution < -0.4 is 5.32 Å². The zero-order chi connectivity index (χ0) is 13.8. The summed E-state index contributed by atoms with van der Waals surface area (Å²) < 4.78 is 0. The maximum absolute atomic E-state index is 10.2. The Hall–Kier alpha value is -2.32. The number of nitrogens with one attached hydrogen (secondary N) is 1. The van der Waals surface area contributed by atoms with Gasteiger partial charge in [0.05, 0.1) is 6.10 Å². The quantitative estimate of drug-likeness (QED) is 0.746. The second-order valence-electron chi connectivity index (χ2n) is 4.83. The van der Waals surface area contributed by atoms with Crippen LogP contribution in [0.3, 0.4) is 0 Å². The van der Waals surface area contributed by atoms with E-state index in [1.807, 2.05) is 54.6 Å². The molecule has 0 saturated heterocycles. The predicted molar refractivity (Wildman–Crippen MR) is 83.8 cm³/mol. The van der Waals surface area contributed by atoms with E-state index in [0.717, 1.165) is 11.3 Å². The topological polar surface area (TPSA) is 32.3 Å². The highest BCUT2D eigenvalue weighted by atomic mass is 16.3. The van der Waals surface area contributed by atoms with E-state index in [1.165, 1.54) is 10.8 Å². The standard InChI is InChI=1S/C18H17NO/c20-18(15-8-2-1-3-9-15)13-19-17-12-6-10-14-7-4-5-11-16(14)17/h1-12,18-20H,13H2. The number of aliphatic hydroxyl groups is 1. The SMILES string of the molecule is OC(CNc1cccc2ccccc12)c1ccccc1. The molecule has 0 heterocycles. The lowest BCUT2D eigenvalue weighted by Crippen LogP contribution is -2.12. The Bertz CT molecular complexity index is 689. The Morgan fingerprint density at radius 1 is 0.800 bits per heavy atom. The van der Waals surface area contributed by atoms with Crippen molar-refractivity contribution in [2.75, 3.05) is 11.9 Å². The molecule has 3 rings (SSSR count). The van der Waals surface area contributed by atoms with E-state index in [2.05, 4.69) is 23.5 Å². The van der Waals surface area contributed by atoms with Crippen LogP contribution >= 0.6 is 0 Å². The summed E-state index contributed by atoms with van der Waals surface area (Å²) in [5, 5.41) is 15.9. The van der Waals surface area contributed by atoms with E-state index < -0.39 is 6.10 Å². The lowest BCUT2D eigenvalue weighted by atomic mass is 10.1. The summed E-state index contributed by atoms with van der Waals surface area (Å²) in [5.41, 5.74) is 1.98. The summed E-state index contributed by atoms with van der Waals surface area (Å²) in [6, 6.07) is 24.1. The number of anilines is 1. The molecule has 0 aliphatic rings. The van der Waals surface area contributed by atoms with E-state index >= 15 is 0 Å². The molecule has 2 heteroatoms. The van der Waals surface area contributed by atoms with Crippen molar-refractivity contribution in [3.05, 3.63) is 78.4 Å². The maximum Gasteiger partial charge on any atom is 0.0962 e. The molecule has 0 aromatic heterocycles. The minimum atomic E-state index is -0.504. The molecule has 1 unspecified atom stereocenters. The summed E-state index contributed by atoms with van der Waals surface area (Å²) in [5.74, 6) is 0. The number of hydrogen-bond donors (Lipinski definition) is 2. The third-order valence-corrected chi connectivity index (χ3v) is 3.46. The molecule has 0 saturated carbocycles. The van der Waals surface area contributed by atoms with Crippen molar-refractivity contribution >= 4 is 16.5 Å². The number of benzene rings is 3. The van der Waals surface area contributed by atoms with Gasteiger partial charge in [0.1, 0.15) is 0 Å². The largest absolute Gasteiger partial charge is 0.387 e. The summed E-state index contributed by atoms with van der Waals surface area (Å²) in [6.45, 7) is 0.498. The van der Waals surface area contributed by atoms with Crippen LogP contribution in [-0.2, 0) is 0 Å². The first kappa shape index (κ1) is 12.7. The summed E-state index contributed by atoms with van der Waals surface area (Å²) >= 11 is 0. The van der Waals surface area contributed by atoms with E-state index in [-0.39, 0.29) is 0 Å². The fraction of sp³-hybridized carbons (Fsp3) is 0.111. The van der Waals surface area contributed by atoms with Crippen LogP contribution in [0.15, 0.2) is 72.8 Å². The van der Waals surface area contributed by atoms with Crippen molar-refractivity contribution in [2.24, 2.45) is 0 Å². The van der Waals surface area contributed by atoms with E-state index in [4.69, 9.17) is 0 Å². The molecule has 0 bridgehead atoms. The highest BCUT2D eigenvalue weighted by molar-refractivity contribution is 5.93. The highest BCUT2D eigenvalue weighted by Gasteiger charge is 2.07. The second kappa shape index (κ2) is 5.76. The molecule has 20 heavy (non-hydrogen) atoms. The molecular formula is C18H17NO. The molecule has 0 spiro atoms. The van der Waals surface area contributed by atoms with Gasteiger partial charge >= 0.3 is 0 Å². The Morgan fingerprint density at radius 2 is 1.50 bits per heavy atom. The average Bonchev–Trinajstić information content (AvgIpc) is 2.53. The van der Waals surface area contributed by atoms with Crippen molar-refractivity contribution in [1.29, 1.82) is 0 Å². The third-order valence-electron chi connectivity index (χ3n) is 3.46.